The molecule has 0 aliphatic carbocycles. The average molecular weight is 377 g/mol. The van der Waals surface area contributed by atoms with E-state index in [-0.39, 0.29) is 18.1 Å². The number of nitrogens with zero attached hydrogens (tertiary/aromatic N) is 2. The number of hydrogen-bond acceptors (Lipinski definition) is 6. The van der Waals surface area contributed by atoms with E-state index < -0.39 is 5.97 Å². The van der Waals surface area contributed by atoms with Crippen LogP contribution in [0.15, 0.2) is 4.79 Å². The van der Waals surface area contributed by atoms with Crippen molar-refractivity contribution in [1.82, 2.24) is 14.9 Å². The Balaban J connectivity index is 1.72. The van der Waals surface area contributed by atoms with Gasteiger partial charge in [-0.2, -0.15) is 0 Å². The van der Waals surface area contributed by atoms with Crippen molar-refractivity contribution in [3.63, 3.8) is 0 Å². The molecule has 8 heteroatoms. The van der Waals surface area contributed by atoms with E-state index in [2.05, 4.69) is 23.8 Å². The lowest BCUT2D eigenvalue weighted by molar-refractivity contribution is -0.137. The third-order valence-corrected chi connectivity index (χ3v) is 5.82. The van der Waals surface area contributed by atoms with Crippen LogP contribution in [0, 0.1) is 25.7 Å². The maximum absolute atomic E-state index is 12.4. The number of hydrogen-bond donors (Lipinski definition) is 1. The van der Waals surface area contributed by atoms with Crippen LogP contribution < -0.4 is 5.56 Å². The Kier molecular flexibility index (Phi) is 5.13. The number of aromatic amines is 1. The molecule has 2 aromatic rings. The highest BCUT2D eigenvalue weighted by molar-refractivity contribution is 7.20. The molecular formula is C18H23N3O4S. The number of esters is 1. The molecule has 2 aromatic heterocycles. The number of amides is 1. The van der Waals surface area contributed by atoms with E-state index in [1.54, 1.807) is 18.7 Å². The number of ether oxygens (including phenoxy) is 1. The fourth-order valence-electron chi connectivity index (χ4n) is 3.60. The molecule has 3 rings (SSSR count). The molecule has 1 amide bonds. The van der Waals surface area contributed by atoms with Crippen LogP contribution >= 0.6 is 11.3 Å². The van der Waals surface area contributed by atoms with E-state index in [9.17, 15) is 14.4 Å². The fraction of sp³-hybridized carbons (Fsp3) is 0.556. The number of carbonyl (C=O) groups is 2. The maximum atomic E-state index is 12.4. The van der Waals surface area contributed by atoms with Gasteiger partial charge in [0.25, 0.3) is 11.5 Å². The molecule has 2 atom stereocenters. The van der Waals surface area contributed by atoms with Gasteiger partial charge >= 0.3 is 5.97 Å². The van der Waals surface area contributed by atoms with Gasteiger partial charge in [0.2, 0.25) is 0 Å². The number of piperidine rings is 1. The maximum Gasteiger partial charge on any atom is 0.349 e. The monoisotopic (exact) mass is 377 g/mol. The quantitative estimate of drug-likeness (QED) is 0.829. The average Bonchev–Trinajstić information content (AvgIpc) is 2.88. The molecule has 1 saturated heterocycles. The first-order valence-electron chi connectivity index (χ1n) is 8.71. The van der Waals surface area contributed by atoms with Crippen molar-refractivity contribution >= 4 is 33.4 Å². The van der Waals surface area contributed by atoms with Crippen LogP contribution in [0.3, 0.4) is 0 Å². The van der Waals surface area contributed by atoms with Crippen molar-refractivity contribution in [1.29, 1.82) is 0 Å². The zero-order chi connectivity index (χ0) is 19.0. The van der Waals surface area contributed by atoms with Gasteiger partial charge in [0.1, 0.15) is 15.5 Å². The summed E-state index contributed by atoms with van der Waals surface area (Å²) < 4.78 is 5.23. The highest BCUT2D eigenvalue weighted by atomic mass is 32.1. The summed E-state index contributed by atoms with van der Waals surface area (Å²) in [4.78, 5) is 46.4. The van der Waals surface area contributed by atoms with Gasteiger partial charge in [0, 0.05) is 13.1 Å². The number of likely N-dealkylation sites (tertiary alicyclic amines) is 1. The van der Waals surface area contributed by atoms with Gasteiger partial charge in [-0.3, -0.25) is 9.59 Å². The van der Waals surface area contributed by atoms with Crippen molar-refractivity contribution in [3.8, 4) is 0 Å². The molecule has 3 heterocycles. The highest BCUT2D eigenvalue weighted by Gasteiger charge is 2.27. The van der Waals surface area contributed by atoms with E-state index in [1.165, 1.54) is 0 Å². The molecule has 1 aliphatic heterocycles. The van der Waals surface area contributed by atoms with Gasteiger partial charge in [-0.15, -0.1) is 11.3 Å². The molecule has 1 fully saturated rings. The first kappa shape index (κ1) is 18.6. The predicted octanol–water partition coefficient (Wildman–Crippen LogP) is 2.26. The molecule has 7 nitrogen and oxygen atoms in total. The van der Waals surface area contributed by atoms with Crippen LogP contribution in [0.25, 0.3) is 10.2 Å². The summed E-state index contributed by atoms with van der Waals surface area (Å²) in [5.41, 5.74) is 0.268. The molecule has 1 aliphatic rings. The minimum absolute atomic E-state index is 0.178. The standard InChI is InChI=1S/C18H23N3O4S/c1-9-5-10(2)7-21(6-9)13(22)8-25-18(24)15-11(3)14-16(23)19-12(4)20-17(14)26-15/h9-10H,5-8H2,1-4H3,(H,19,20,23)/t9-,10-/m0/s1. The number of rotatable bonds is 3. The molecule has 26 heavy (non-hydrogen) atoms. The van der Waals surface area contributed by atoms with E-state index >= 15 is 0 Å². The molecule has 140 valence electrons. The molecule has 0 spiro atoms. The smallest absolute Gasteiger partial charge is 0.349 e. The topological polar surface area (TPSA) is 92.4 Å². The Morgan fingerprint density at radius 1 is 1.27 bits per heavy atom. The second-order valence-electron chi connectivity index (χ2n) is 7.21. The summed E-state index contributed by atoms with van der Waals surface area (Å²) in [6, 6.07) is 0. The Labute approximate surface area is 155 Å². The third kappa shape index (κ3) is 3.65. The van der Waals surface area contributed by atoms with Gasteiger partial charge < -0.3 is 14.6 Å². The number of thiophene rings is 1. The van der Waals surface area contributed by atoms with Crippen molar-refractivity contribution in [3.05, 3.63) is 26.6 Å². The number of aryl methyl sites for hydroxylation is 2. The number of fused-ring (bicyclic) bond motifs is 1. The van der Waals surface area contributed by atoms with Crippen LogP contribution in [0.4, 0.5) is 0 Å². The van der Waals surface area contributed by atoms with Crippen molar-refractivity contribution in [2.45, 2.75) is 34.1 Å². The minimum Gasteiger partial charge on any atom is -0.451 e. The van der Waals surface area contributed by atoms with Crippen LogP contribution in [0.2, 0.25) is 0 Å². The van der Waals surface area contributed by atoms with E-state index in [1.807, 2.05) is 0 Å². The Bertz CT molecular complexity index is 907. The van der Waals surface area contributed by atoms with Gasteiger partial charge in [-0.25, -0.2) is 9.78 Å². The lowest BCUT2D eigenvalue weighted by Gasteiger charge is -2.34. The lowest BCUT2D eigenvalue weighted by atomic mass is 9.92. The number of nitrogens with one attached hydrogen (secondary N) is 1. The Morgan fingerprint density at radius 2 is 1.92 bits per heavy atom. The number of H-pyrrole nitrogens is 1. The summed E-state index contributed by atoms with van der Waals surface area (Å²) in [6.07, 6.45) is 1.10. The van der Waals surface area contributed by atoms with Crippen molar-refractivity contribution < 1.29 is 14.3 Å². The third-order valence-electron chi connectivity index (χ3n) is 4.65. The van der Waals surface area contributed by atoms with E-state index in [0.29, 0.717) is 51.4 Å². The minimum atomic E-state index is -0.589. The van der Waals surface area contributed by atoms with Crippen LogP contribution in [-0.2, 0) is 9.53 Å². The fourth-order valence-corrected chi connectivity index (χ4v) is 4.72. The number of aromatic nitrogens is 2. The summed E-state index contributed by atoms with van der Waals surface area (Å²) in [5, 5.41) is 0.401. The Hall–Kier alpha value is -2.22. The molecule has 0 radical (unpaired) electrons. The zero-order valence-electron chi connectivity index (χ0n) is 15.4. The second-order valence-corrected chi connectivity index (χ2v) is 8.21. The Morgan fingerprint density at radius 3 is 2.58 bits per heavy atom. The molecule has 0 unspecified atom stereocenters. The van der Waals surface area contributed by atoms with Gasteiger partial charge in [0.05, 0.1) is 5.39 Å². The van der Waals surface area contributed by atoms with E-state index in [4.69, 9.17) is 4.74 Å². The molecule has 1 N–H and O–H groups in total. The second kappa shape index (κ2) is 7.19. The predicted molar refractivity (Wildman–Crippen MR) is 99.5 cm³/mol. The largest absolute Gasteiger partial charge is 0.451 e. The molecule has 0 aromatic carbocycles. The SMILES string of the molecule is Cc1nc2sc(C(=O)OCC(=O)N3C[C@@H](C)C[C@H](C)C3)c(C)c2c(=O)[nH]1. The van der Waals surface area contributed by atoms with Gasteiger partial charge in [-0.1, -0.05) is 13.8 Å². The highest BCUT2D eigenvalue weighted by Crippen LogP contribution is 2.27. The van der Waals surface area contributed by atoms with Crippen LogP contribution in [-0.4, -0.2) is 46.4 Å². The van der Waals surface area contributed by atoms with Gasteiger partial charge in [0.15, 0.2) is 6.61 Å². The van der Waals surface area contributed by atoms with Crippen molar-refractivity contribution in [2.24, 2.45) is 11.8 Å². The van der Waals surface area contributed by atoms with Crippen molar-refractivity contribution in [2.75, 3.05) is 19.7 Å². The van der Waals surface area contributed by atoms with E-state index in [0.717, 1.165) is 17.8 Å². The molecule has 0 saturated carbocycles. The molecule has 0 bridgehead atoms. The summed E-state index contributed by atoms with van der Waals surface area (Å²) >= 11 is 1.12. The zero-order valence-corrected chi connectivity index (χ0v) is 16.2. The summed E-state index contributed by atoms with van der Waals surface area (Å²) in [5.74, 6) is 0.622. The lowest BCUT2D eigenvalue weighted by Crippen LogP contribution is -2.44. The summed E-state index contributed by atoms with van der Waals surface area (Å²) in [7, 11) is 0. The van der Waals surface area contributed by atoms with Gasteiger partial charge in [-0.05, 0) is 37.7 Å². The molecular weight excluding hydrogens is 354 g/mol. The summed E-state index contributed by atoms with van der Waals surface area (Å²) in [6.45, 7) is 8.73. The number of carbonyl (C=O) groups excluding carboxylic acids is 2. The van der Waals surface area contributed by atoms with Crippen LogP contribution in [0.1, 0.15) is 41.3 Å². The normalized spacial score (nSPS) is 20.4. The first-order valence-corrected chi connectivity index (χ1v) is 9.52. The van der Waals surface area contributed by atoms with Crippen LogP contribution in [0.5, 0.6) is 0 Å². The first-order chi connectivity index (χ1) is 12.3.